The number of aryl methyl sites for hydroxylation is 2. The minimum Gasteiger partial charge on any atom is -0.312 e. The monoisotopic (exact) mass is 236 g/mol. The third-order valence-corrected chi connectivity index (χ3v) is 3.42. The van der Waals surface area contributed by atoms with Crippen LogP contribution in [0.1, 0.15) is 22.0 Å². The summed E-state index contributed by atoms with van der Waals surface area (Å²) < 4.78 is 0. The summed E-state index contributed by atoms with van der Waals surface area (Å²) in [5, 5.41) is 13.8. The Morgan fingerprint density at radius 1 is 1.44 bits per heavy atom. The molecule has 0 aliphatic rings. The van der Waals surface area contributed by atoms with Crippen LogP contribution in [0.25, 0.3) is 0 Å². The van der Waals surface area contributed by atoms with E-state index in [2.05, 4.69) is 27.4 Å². The van der Waals surface area contributed by atoms with Crippen LogP contribution in [-0.4, -0.2) is 21.7 Å². The second-order valence-corrected chi connectivity index (χ2v) is 4.74. The van der Waals surface area contributed by atoms with Crippen LogP contribution in [0.2, 0.25) is 0 Å². The first-order valence-corrected chi connectivity index (χ1v) is 6.25. The molecule has 5 heteroatoms. The van der Waals surface area contributed by atoms with Crippen LogP contribution in [0.5, 0.6) is 0 Å². The molecule has 0 saturated heterocycles. The molecule has 0 spiro atoms. The van der Waals surface area contributed by atoms with Gasteiger partial charge in [0.2, 0.25) is 0 Å². The lowest BCUT2D eigenvalue weighted by molar-refractivity contribution is 0.681. The zero-order chi connectivity index (χ0) is 11.4. The van der Waals surface area contributed by atoms with Gasteiger partial charge < -0.3 is 5.32 Å². The zero-order valence-electron chi connectivity index (χ0n) is 9.58. The highest BCUT2D eigenvalue weighted by molar-refractivity contribution is 7.09. The van der Waals surface area contributed by atoms with Crippen LogP contribution < -0.4 is 5.32 Å². The molecular weight excluding hydrogens is 220 g/mol. The van der Waals surface area contributed by atoms with Crippen molar-refractivity contribution in [3.8, 4) is 0 Å². The number of nitrogens with zero attached hydrogens (tertiary/aromatic N) is 2. The maximum Gasteiger partial charge on any atom is 0.0937 e. The summed E-state index contributed by atoms with van der Waals surface area (Å²) in [5.74, 6) is 0. The average Bonchev–Trinajstić information content (AvgIpc) is 2.87. The number of rotatable bonds is 5. The summed E-state index contributed by atoms with van der Waals surface area (Å²) in [6.45, 7) is 5.91. The van der Waals surface area contributed by atoms with E-state index in [9.17, 15) is 0 Å². The van der Waals surface area contributed by atoms with E-state index in [1.54, 1.807) is 11.3 Å². The molecule has 0 amide bonds. The molecule has 4 nitrogen and oxygen atoms in total. The van der Waals surface area contributed by atoms with Crippen LogP contribution in [-0.2, 0) is 13.0 Å². The third kappa shape index (κ3) is 2.68. The highest BCUT2D eigenvalue weighted by Crippen LogP contribution is 2.08. The van der Waals surface area contributed by atoms with Crippen molar-refractivity contribution in [2.24, 2.45) is 0 Å². The molecule has 2 rings (SSSR count). The first kappa shape index (κ1) is 11.3. The Morgan fingerprint density at radius 2 is 2.31 bits per heavy atom. The summed E-state index contributed by atoms with van der Waals surface area (Å²) in [6.07, 6.45) is 2.85. The van der Waals surface area contributed by atoms with Gasteiger partial charge in [-0.15, -0.1) is 11.3 Å². The molecule has 2 heterocycles. The fourth-order valence-corrected chi connectivity index (χ4v) is 2.24. The minimum absolute atomic E-state index is 0.875. The number of hydrogen-bond donors (Lipinski definition) is 2. The van der Waals surface area contributed by atoms with Crippen LogP contribution >= 0.6 is 11.3 Å². The molecule has 86 valence electrons. The Kier molecular flexibility index (Phi) is 3.69. The molecule has 0 saturated carbocycles. The summed E-state index contributed by atoms with van der Waals surface area (Å²) in [4.78, 5) is 4.25. The lowest BCUT2D eigenvalue weighted by Crippen LogP contribution is -2.17. The largest absolute Gasteiger partial charge is 0.312 e. The van der Waals surface area contributed by atoms with E-state index in [0.29, 0.717) is 0 Å². The molecule has 0 unspecified atom stereocenters. The average molecular weight is 236 g/mol. The molecule has 2 aromatic heterocycles. The van der Waals surface area contributed by atoms with Gasteiger partial charge in [-0.3, -0.25) is 5.10 Å². The Labute approximate surface area is 99.1 Å². The number of H-pyrrole nitrogens is 1. The molecule has 0 aliphatic heterocycles. The Balaban J connectivity index is 1.76. The molecule has 0 aromatic carbocycles. The molecule has 0 radical (unpaired) electrons. The van der Waals surface area contributed by atoms with Gasteiger partial charge in [-0.25, -0.2) is 4.98 Å². The van der Waals surface area contributed by atoms with E-state index in [1.807, 2.05) is 18.5 Å². The van der Waals surface area contributed by atoms with E-state index in [1.165, 1.54) is 10.6 Å². The molecular formula is C11H16N4S. The molecule has 0 aliphatic carbocycles. The van der Waals surface area contributed by atoms with Crippen molar-refractivity contribution in [1.29, 1.82) is 0 Å². The summed E-state index contributed by atoms with van der Waals surface area (Å²) in [5.41, 5.74) is 3.51. The lowest BCUT2D eigenvalue weighted by Gasteiger charge is -2.03. The maximum absolute atomic E-state index is 4.25. The second-order valence-electron chi connectivity index (χ2n) is 3.77. The Bertz CT molecular complexity index is 413. The molecule has 0 bridgehead atoms. The van der Waals surface area contributed by atoms with Gasteiger partial charge in [0.05, 0.1) is 10.7 Å². The maximum atomic E-state index is 4.25. The van der Waals surface area contributed by atoms with Crippen molar-refractivity contribution in [3.05, 3.63) is 33.5 Å². The fourth-order valence-electron chi connectivity index (χ4n) is 1.62. The molecule has 0 atom stereocenters. The van der Waals surface area contributed by atoms with Gasteiger partial charge in [0, 0.05) is 42.3 Å². The van der Waals surface area contributed by atoms with E-state index in [-0.39, 0.29) is 0 Å². The highest BCUT2D eigenvalue weighted by atomic mass is 32.1. The van der Waals surface area contributed by atoms with Gasteiger partial charge >= 0.3 is 0 Å². The van der Waals surface area contributed by atoms with Crippen molar-refractivity contribution in [2.45, 2.75) is 26.8 Å². The summed E-state index contributed by atoms with van der Waals surface area (Å²) in [6, 6.07) is 0. The smallest absolute Gasteiger partial charge is 0.0937 e. The van der Waals surface area contributed by atoms with Gasteiger partial charge in [-0.1, -0.05) is 0 Å². The number of thiazole rings is 1. The summed E-state index contributed by atoms with van der Waals surface area (Å²) in [7, 11) is 0. The van der Waals surface area contributed by atoms with Crippen LogP contribution in [0.15, 0.2) is 11.6 Å². The lowest BCUT2D eigenvalue weighted by atomic mass is 10.2. The van der Waals surface area contributed by atoms with Gasteiger partial charge in [0.25, 0.3) is 0 Å². The standard InChI is InChI=1S/C11H16N4S/c1-8-10(9(2)15-14-8)7-12-4-3-11-13-5-6-16-11/h5-6,12H,3-4,7H2,1-2H3,(H,14,15). The quantitative estimate of drug-likeness (QED) is 0.779. The first-order chi connectivity index (χ1) is 7.77. The molecule has 2 N–H and O–H groups in total. The summed E-state index contributed by atoms with van der Waals surface area (Å²) >= 11 is 1.71. The fraction of sp³-hybridized carbons (Fsp3) is 0.455. The second kappa shape index (κ2) is 5.23. The minimum atomic E-state index is 0.875. The van der Waals surface area contributed by atoms with Crippen molar-refractivity contribution >= 4 is 11.3 Å². The van der Waals surface area contributed by atoms with Crippen molar-refractivity contribution < 1.29 is 0 Å². The van der Waals surface area contributed by atoms with Crippen LogP contribution in [0.3, 0.4) is 0 Å². The van der Waals surface area contributed by atoms with Crippen molar-refractivity contribution in [2.75, 3.05) is 6.54 Å². The van der Waals surface area contributed by atoms with Crippen molar-refractivity contribution in [1.82, 2.24) is 20.5 Å². The SMILES string of the molecule is Cc1n[nH]c(C)c1CNCCc1nccs1. The topological polar surface area (TPSA) is 53.6 Å². The third-order valence-electron chi connectivity index (χ3n) is 2.58. The molecule has 16 heavy (non-hydrogen) atoms. The van der Waals surface area contributed by atoms with Gasteiger partial charge in [-0.05, 0) is 13.8 Å². The molecule has 2 aromatic rings. The Morgan fingerprint density at radius 3 is 2.94 bits per heavy atom. The van der Waals surface area contributed by atoms with Gasteiger partial charge in [0.1, 0.15) is 0 Å². The predicted molar refractivity (Wildman–Crippen MR) is 65.6 cm³/mol. The van der Waals surface area contributed by atoms with Crippen LogP contribution in [0, 0.1) is 13.8 Å². The normalized spacial score (nSPS) is 10.9. The van der Waals surface area contributed by atoms with Crippen LogP contribution in [0.4, 0.5) is 0 Å². The Hall–Kier alpha value is -1.20. The highest BCUT2D eigenvalue weighted by Gasteiger charge is 2.05. The van der Waals surface area contributed by atoms with E-state index in [0.717, 1.165) is 30.9 Å². The van der Waals surface area contributed by atoms with E-state index >= 15 is 0 Å². The number of hydrogen-bond acceptors (Lipinski definition) is 4. The zero-order valence-corrected chi connectivity index (χ0v) is 10.4. The van der Waals surface area contributed by atoms with Gasteiger partial charge in [-0.2, -0.15) is 5.10 Å². The number of aromatic amines is 1. The predicted octanol–water partition coefficient (Wildman–Crippen LogP) is 1.82. The molecule has 0 fully saturated rings. The number of nitrogens with one attached hydrogen (secondary N) is 2. The van der Waals surface area contributed by atoms with E-state index in [4.69, 9.17) is 0 Å². The first-order valence-electron chi connectivity index (χ1n) is 5.37. The number of aromatic nitrogens is 3. The van der Waals surface area contributed by atoms with E-state index < -0.39 is 0 Å². The van der Waals surface area contributed by atoms with Crippen molar-refractivity contribution in [3.63, 3.8) is 0 Å². The van der Waals surface area contributed by atoms with Gasteiger partial charge in [0.15, 0.2) is 0 Å².